The molecule has 5 nitrogen and oxygen atoms in total. The van der Waals surface area contributed by atoms with Crippen LogP contribution in [0.1, 0.15) is 42.3 Å². The molecule has 1 aromatic heterocycles. The Morgan fingerprint density at radius 1 is 1.56 bits per heavy atom. The lowest BCUT2D eigenvalue weighted by Crippen LogP contribution is -2.26. The fourth-order valence-electron chi connectivity index (χ4n) is 2.07. The van der Waals surface area contributed by atoms with Crippen LogP contribution < -0.4 is 16.4 Å². The molecule has 2 fully saturated rings. The zero-order valence-corrected chi connectivity index (χ0v) is 11.2. The summed E-state index contributed by atoms with van der Waals surface area (Å²) in [5.74, 6) is 0.913. The number of nitrogens with zero attached hydrogens (tertiary/aromatic N) is 1. The molecule has 2 saturated carbocycles. The van der Waals surface area contributed by atoms with Crippen molar-refractivity contribution in [2.75, 3.05) is 11.1 Å². The Labute approximate surface area is 110 Å². The van der Waals surface area contributed by atoms with Gasteiger partial charge in [-0.05, 0) is 25.2 Å². The Hall–Kier alpha value is -1.30. The number of nitrogens with two attached hydrogens (primary N) is 1. The van der Waals surface area contributed by atoms with Crippen molar-refractivity contribution in [2.45, 2.75) is 44.7 Å². The number of hydrogen-bond acceptors (Lipinski definition) is 5. The summed E-state index contributed by atoms with van der Waals surface area (Å²) < 4.78 is 0. The molecule has 0 aromatic carbocycles. The quantitative estimate of drug-likeness (QED) is 0.759. The van der Waals surface area contributed by atoms with Crippen LogP contribution >= 0.6 is 11.3 Å². The molecule has 0 spiro atoms. The number of thiazole rings is 1. The third-order valence-electron chi connectivity index (χ3n) is 3.53. The van der Waals surface area contributed by atoms with Gasteiger partial charge in [0.25, 0.3) is 5.91 Å². The van der Waals surface area contributed by atoms with E-state index < -0.39 is 0 Å². The highest BCUT2D eigenvalue weighted by atomic mass is 32.1. The van der Waals surface area contributed by atoms with Gasteiger partial charge < -0.3 is 16.4 Å². The van der Waals surface area contributed by atoms with E-state index in [4.69, 9.17) is 5.73 Å². The second-order valence-electron chi connectivity index (χ2n) is 5.14. The minimum absolute atomic E-state index is 0.0743. The standard InChI is InChI=1S/C12H18N4OS/c1-2-6-5-8(6)15-11(17)9-10(13)16-12(18-9)14-7-3-4-7/h6-8H,2-5,13H2,1H3,(H,14,16)(H,15,17). The largest absolute Gasteiger partial charge is 0.382 e. The van der Waals surface area contributed by atoms with E-state index in [1.807, 2.05) is 0 Å². The minimum atomic E-state index is -0.0743. The van der Waals surface area contributed by atoms with Crippen molar-refractivity contribution < 1.29 is 4.79 Å². The Bertz CT molecular complexity index is 469. The molecule has 1 heterocycles. The summed E-state index contributed by atoms with van der Waals surface area (Å²) in [6, 6.07) is 0.864. The van der Waals surface area contributed by atoms with Gasteiger partial charge in [0.15, 0.2) is 5.13 Å². The van der Waals surface area contributed by atoms with Gasteiger partial charge in [-0.15, -0.1) is 0 Å². The van der Waals surface area contributed by atoms with Crippen molar-refractivity contribution in [3.8, 4) is 0 Å². The number of rotatable bonds is 5. The van der Waals surface area contributed by atoms with Crippen molar-refractivity contribution >= 4 is 28.2 Å². The van der Waals surface area contributed by atoms with Crippen LogP contribution in [-0.2, 0) is 0 Å². The maximum atomic E-state index is 12.0. The van der Waals surface area contributed by atoms with E-state index in [1.165, 1.54) is 24.2 Å². The number of carbonyl (C=O) groups is 1. The van der Waals surface area contributed by atoms with E-state index in [1.54, 1.807) is 0 Å². The van der Waals surface area contributed by atoms with Gasteiger partial charge in [-0.3, -0.25) is 4.79 Å². The van der Waals surface area contributed by atoms with Crippen LogP contribution in [-0.4, -0.2) is 23.0 Å². The zero-order chi connectivity index (χ0) is 12.7. The van der Waals surface area contributed by atoms with Gasteiger partial charge in [-0.25, -0.2) is 4.98 Å². The van der Waals surface area contributed by atoms with Gasteiger partial charge in [-0.1, -0.05) is 24.7 Å². The number of carbonyl (C=O) groups excluding carboxylic acids is 1. The van der Waals surface area contributed by atoms with Crippen LogP contribution in [0.4, 0.5) is 10.9 Å². The number of anilines is 2. The van der Waals surface area contributed by atoms with E-state index in [-0.39, 0.29) is 5.91 Å². The molecule has 98 valence electrons. The first-order chi connectivity index (χ1) is 8.67. The summed E-state index contributed by atoms with van der Waals surface area (Å²) in [4.78, 5) is 16.8. The van der Waals surface area contributed by atoms with Crippen LogP contribution in [0.5, 0.6) is 0 Å². The maximum Gasteiger partial charge on any atom is 0.265 e. The molecule has 1 amide bonds. The van der Waals surface area contributed by atoms with Gasteiger partial charge in [0.2, 0.25) is 0 Å². The number of nitrogen functional groups attached to an aromatic ring is 1. The smallest absolute Gasteiger partial charge is 0.265 e. The van der Waals surface area contributed by atoms with Crippen molar-refractivity contribution in [1.29, 1.82) is 0 Å². The van der Waals surface area contributed by atoms with Crippen LogP contribution in [0.2, 0.25) is 0 Å². The molecule has 2 aliphatic rings. The van der Waals surface area contributed by atoms with Gasteiger partial charge in [0.1, 0.15) is 10.7 Å². The van der Waals surface area contributed by atoms with Crippen LogP contribution in [0, 0.1) is 5.92 Å². The van der Waals surface area contributed by atoms with Crippen molar-refractivity contribution in [3.05, 3.63) is 4.88 Å². The monoisotopic (exact) mass is 266 g/mol. The molecule has 3 rings (SSSR count). The molecule has 18 heavy (non-hydrogen) atoms. The highest BCUT2D eigenvalue weighted by molar-refractivity contribution is 7.18. The second-order valence-corrected chi connectivity index (χ2v) is 6.14. The Morgan fingerprint density at radius 3 is 2.94 bits per heavy atom. The topological polar surface area (TPSA) is 80.0 Å². The second kappa shape index (κ2) is 4.42. The van der Waals surface area contributed by atoms with E-state index in [0.717, 1.165) is 18.0 Å². The first kappa shape index (κ1) is 11.8. The first-order valence-corrected chi connectivity index (χ1v) is 7.32. The lowest BCUT2D eigenvalue weighted by Gasteiger charge is -2.01. The van der Waals surface area contributed by atoms with E-state index in [9.17, 15) is 4.79 Å². The third kappa shape index (κ3) is 2.43. The predicted molar refractivity (Wildman–Crippen MR) is 72.8 cm³/mol. The molecule has 0 bridgehead atoms. The van der Waals surface area contributed by atoms with Crippen molar-refractivity contribution in [3.63, 3.8) is 0 Å². The maximum absolute atomic E-state index is 12.0. The summed E-state index contributed by atoms with van der Waals surface area (Å²) in [7, 11) is 0. The van der Waals surface area contributed by atoms with Gasteiger partial charge >= 0.3 is 0 Å². The molecule has 1 aromatic rings. The molecule has 2 aliphatic carbocycles. The lowest BCUT2D eigenvalue weighted by atomic mass is 10.3. The Balaban J connectivity index is 1.63. The molecular weight excluding hydrogens is 248 g/mol. The minimum Gasteiger partial charge on any atom is -0.382 e. The predicted octanol–water partition coefficient (Wildman–Crippen LogP) is 1.83. The number of nitrogens with one attached hydrogen (secondary N) is 2. The molecule has 6 heteroatoms. The number of hydrogen-bond donors (Lipinski definition) is 3. The average molecular weight is 266 g/mol. The van der Waals surface area contributed by atoms with Crippen LogP contribution in [0.25, 0.3) is 0 Å². The van der Waals surface area contributed by atoms with E-state index >= 15 is 0 Å². The number of amides is 1. The molecule has 0 aliphatic heterocycles. The summed E-state index contributed by atoms with van der Waals surface area (Å²) in [6.45, 7) is 2.15. The average Bonchev–Trinajstić information content (AvgIpc) is 3.22. The first-order valence-electron chi connectivity index (χ1n) is 6.51. The van der Waals surface area contributed by atoms with Gasteiger partial charge in [0, 0.05) is 12.1 Å². The third-order valence-corrected chi connectivity index (χ3v) is 4.53. The SMILES string of the molecule is CCC1CC1NC(=O)c1sc(NC2CC2)nc1N. The highest BCUT2D eigenvalue weighted by Gasteiger charge is 2.37. The Morgan fingerprint density at radius 2 is 2.33 bits per heavy atom. The fourth-order valence-corrected chi connectivity index (χ4v) is 2.93. The normalized spacial score (nSPS) is 25.8. The summed E-state index contributed by atoms with van der Waals surface area (Å²) in [5, 5.41) is 7.05. The summed E-state index contributed by atoms with van der Waals surface area (Å²) >= 11 is 1.36. The molecule has 2 atom stereocenters. The van der Waals surface area contributed by atoms with E-state index in [0.29, 0.717) is 28.7 Å². The van der Waals surface area contributed by atoms with Gasteiger partial charge in [-0.2, -0.15) is 0 Å². The molecule has 2 unspecified atom stereocenters. The lowest BCUT2D eigenvalue weighted by molar-refractivity contribution is 0.0953. The number of aromatic nitrogens is 1. The fraction of sp³-hybridized carbons (Fsp3) is 0.667. The molecular formula is C12H18N4OS. The summed E-state index contributed by atoms with van der Waals surface area (Å²) in [6.07, 6.45) is 4.58. The Kier molecular flexibility index (Phi) is 2.89. The zero-order valence-electron chi connectivity index (χ0n) is 10.4. The van der Waals surface area contributed by atoms with Gasteiger partial charge in [0.05, 0.1) is 0 Å². The van der Waals surface area contributed by atoms with E-state index in [2.05, 4.69) is 22.5 Å². The highest BCUT2D eigenvalue weighted by Crippen LogP contribution is 2.35. The van der Waals surface area contributed by atoms with Crippen molar-refractivity contribution in [2.24, 2.45) is 5.92 Å². The van der Waals surface area contributed by atoms with Crippen LogP contribution in [0.3, 0.4) is 0 Å². The van der Waals surface area contributed by atoms with Crippen molar-refractivity contribution in [1.82, 2.24) is 10.3 Å². The molecule has 0 radical (unpaired) electrons. The molecule has 0 saturated heterocycles. The van der Waals surface area contributed by atoms with Crippen LogP contribution in [0.15, 0.2) is 0 Å². The molecule has 4 N–H and O–H groups in total. The summed E-state index contributed by atoms with van der Waals surface area (Å²) in [5.41, 5.74) is 5.80.